The van der Waals surface area contributed by atoms with Gasteiger partial charge >= 0.3 is 5.97 Å². The van der Waals surface area contributed by atoms with Crippen molar-refractivity contribution in [3.63, 3.8) is 0 Å². The van der Waals surface area contributed by atoms with Crippen LogP contribution in [-0.4, -0.2) is 22.5 Å². The van der Waals surface area contributed by atoms with Crippen LogP contribution in [0.25, 0.3) is 0 Å². The summed E-state index contributed by atoms with van der Waals surface area (Å²) in [7, 11) is 0. The Morgan fingerprint density at radius 1 is 1.33 bits per heavy atom. The third kappa shape index (κ3) is 3.35. The number of hydrogen-bond donors (Lipinski definition) is 2. The van der Waals surface area contributed by atoms with E-state index in [4.69, 9.17) is 9.52 Å². The molecule has 0 unspecified atom stereocenters. The lowest BCUT2D eigenvalue weighted by molar-refractivity contribution is -0.138. The second kappa shape index (κ2) is 5.71. The SMILES string of the molecule is CCC(CC)(CC(=O)O)NC(=O)c1ccc(C)o1. The largest absolute Gasteiger partial charge is 0.481 e. The van der Waals surface area contributed by atoms with Crippen molar-refractivity contribution in [2.45, 2.75) is 45.6 Å². The maximum Gasteiger partial charge on any atom is 0.305 e. The molecule has 0 atom stereocenters. The molecule has 0 spiro atoms. The van der Waals surface area contributed by atoms with Crippen LogP contribution in [0.3, 0.4) is 0 Å². The number of furan rings is 1. The Bertz CT molecular complexity index is 432. The fourth-order valence-corrected chi connectivity index (χ4v) is 1.87. The topological polar surface area (TPSA) is 79.5 Å². The molecule has 1 aromatic rings. The number of aryl methyl sites for hydroxylation is 1. The Hall–Kier alpha value is -1.78. The lowest BCUT2D eigenvalue weighted by Crippen LogP contribution is -2.49. The van der Waals surface area contributed by atoms with Crippen molar-refractivity contribution >= 4 is 11.9 Å². The molecule has 0 saturated heterocycles. The second-order valence-electron chi connectivity index (χ2n) is 4.42. The first-order chi connectivity index (χ1) is 8.42. The number of carboxylic acid groups (broad SMARTS) is 1. The van der Waals surface area contributed by atoms with Gasteiger partial charge in [0.25, 0.3) is 5.91 Å². The van der Waals surface area contributed by atoms with Crippen molar-refractivity contribution in [2.24, 2.45) is 0 Å². The first-order valence-corrected chi connectivity index (χ1v) is 6.03. The summed E-state index contributed by atoms with van der Waals surface area (Å²) in [5.41, 5.74) is -0.719. The van der Waals surface area contributed by atoms with Gasteiger partial charge in [-0.15, -0.1) is 0 Å². The van der Waals surface area contributed by atoms with Crippen LogP contribution in [0.5, 0.6) is 0 Å². The maximum absolute atomic E-state index is 12.0. The molecular weight excluding hydrogens is 234 g/mol. The molecule has 2 N–H and O–H groups in total. The summed E-state index contributed by atoms with van der Waals surface area (Å²) in [6, 6.07) is 3.28. The summed E-state index contributed by atoms with van der Waals surface area (Å²) >= 11 is 0. The molecule has 18 heavy (non-hydrogen) atoms. The van der Waals surface area contributed by atoms with Crippen molar-refractivity contribution in [1.29, 1.82) is 0 Å². The third-order valence-corrected chi connectivity index (χ3v) is 3.19. The summed E-state index contributed by atoms with van der Waals surface area (Å²) in [4.78, 5) is 22.9. The number of carbonyl (C=O) groups is 2. The Labute approximate surface area is 106 Å². The minimum atomic E-state index is -0.922. The molecule has 5 nitrogen and oxygen atoms in total. The maximum atomic E-state index is 12.0. The highest BCUT2D eigenvalue weighted by atomic mass is 16.4. The standard InChI is InChI=1S/C13H19NO4/c1-4-13(5-2,8-11(15)16)14-12(17)10-7-6-9(3)18-10/h6-7H,4-5,8H2,1-3H3,(H,14,17)(H,15,16). The minimum Gasteiger partial charge on any atom is -0.481 e. The number of aliphatic carboxylic acids is 1. The van der Waals surface area contributed by atoms with E-state index >= 15 is 0 Å². The van der Waals surface area contributed by atoms with Gasteiger partial charge in [0.15, 0.2) is 5.76 Å². The van der Waals surface area contributed by atoms with Gasteiger partial charge in [-0.25, -0.2) is 0 Å². The zero-order valence-electron chi connectivity index (χ0n) is 10.9. The van der Waals surface area contributed by atoms with Crippen molar-refractivity contribution in [3.05, 3.63) is 23.7 Å². The Kier molecular flexibility index (Phi) is 4.53. The summed E-state index contributed by atoms with van der Waals surface area (Å²) in [5, 5.41) is 11.7. The van der Waals surface area contributed by atoms with E-state index in [1.165, 1.54) is 0 Å². The molecule has 5 heteroatoms. The van der Waals surface area contributed by atoms with Gasteiger partial charge in [0.2, 0.25) is 0 Å². The highest BCUT2D eigenvalue weighted by Gasteiger charge is 2.31. The van der Waals surface area contributed by atoms with Crippen LogP contribution in [0.2, 0.25) is 0 Å². The number of nitrogens with one attached hydrogen (secondary N) is 1. The number of amides is 1. The molecule has 0 fully saturated rings. The van der Waals surface area contributed by atoms with E-state index in [0.29, 0.717) is 18.6 Å². The van der Waals surface area contributed by atoms with Crippen molar-refractivity contribution in [1.82, 2.24) is 5.32 Å². The van der Waals surface area contributed by atoms with E-state index in [2.05, 4.69) is 5.32 Å². The first kappa shape index (κ1) is 14.3. The van der Waals surface area contributed by atoms with Crippen molar-refractivity contribution < 1.29 is 19.1 Å². The highest BCUT2D eigenvalue weighted by molar-refractivity contribution is 5.92. The fourth-order valence-electron chi connectivity index (χ4n) is 1.87. The lowest BCUT2D eigenvalue weighted by Gasteiger charge is -2.30. The van der Waals surface area contributed by atoms with Crippen LogP contribution in [0, 0.1) is 6.92 Å². The molecule has 1 heterocycles. The van der Waals surface area contributed by atoms with Crippen LogP contribution in [0.1, 0.15) is 49.4 Å². The smallest absolute Gasteiger partial charge is 0.305 e. The molecule has 1 amide bonds. The zero-order chi connectivity index (χ0) is 13.8. The molecular formula is C13H19NO4. The summed E-state index contributed by atoms with van der Waals surface area (Å²) in [6.07, 6.45) is 1.02. The number of carboxylic acids is 1. The van der Waals surface area contributed by atoms with Gasteiger partial charge in [-0.3, -0.25) is 9.59 Å². The zero-order valence-corrected chi connectivity index (χ0v) is 10.9. The molecule has 0 bridgehead atoms. The van der Waals surface area contributed by atoms with Crippen LogP contribution in [0.15, 0.2) is 16.5 Å². The van der Waals surface area contributed by atoms with E-state index in [-0.39, 0.29) is 18.1 Å². The number of hydrogen-bond acceptors (Lipinski definition) is 3. The fraction of sp³-hybridized carbons (Fsp3) is 0.538. The molecule has 1 rings (SSSR count). The van der Waals surface area contributed by atoms with Gasteiger partial charge in [0.1, 0.15) is 5.76 Å². The lowest BCUT2D eigenvalue weighted by atomic mass is 9.89. The summed E-state index contributed by atoms with van der Waals surface area (Å²) in [6.45, 7) is 5.47. The van der Waals surface area contributed by atoms with Gasteiger partial charge in [0.05, 0.1) is 12.0 Å². The molecule has 0 aromatic carbocycles. The van der Waals surface area contributed by atoms with E-state index in [0.717, 1.165) is 0 Å². The van der Waals surface area contributed by atoms with Gasteiger partial charge < -0.3 is 14.8 Å². The highest BCUT2D eigenvalue weighted by Crippen LogP contribution is 2.21. The molecule has 1 aromatic heterocycles. The van der Waals surface area contributed by atoms with Gasteiger partial charge in [-0.1, -0.05) is 13.8 Å². The van der Waals surface area contributed by atoms with Crippen LogP contribution in [0.4, 0.5) is 0 Å². The quantitative estimate of drug-likeness (QED) is 0.815. The summed E-state index contributed by atoms with van der Waals surface area (Å²) in [5.74, 6) is -0.427. The normalized spacial score (nSPS) is 11.3. The van der Waals surface area contributed by atoms with Gasteiger partial charge in [0, 0.05) is 0 Å². The molecule has 0 saturated carbocycles. The molecule has 100 valence electrons. The van der Waals surface area contributed by atoms with Gasteiger partial charge in [-0.2, -0.15) is 0 Å². The van der Waals surface area contributed by atoms with E-state index < -0.39 is 11.5 Å². The average molecular weight is 253 g/mol. The summed E-state index contributed by atoms with van der Waals surface area (Å²) < 4.78 is 5.23. The predicted octanol–water partition coefficient (Wildman–Crippen LogP) is 2.35. The molecule has 0 aliphatic heterocycles. The molecule has 0 radical (unpaired) electrons. The molecule has 0 aliphatic carbocycles. The van der Waals surface area contributed by atoms with Crippen LogP contribution in [-0.2, 0) is 4.79 Å². The van der Waals surface area contributed by atoms with Crippen LogP contribution >= 0.6 is 0 Å². The number of carbonyl (C=O) groups excluding carboxylic acids is 1. The average Bonchev–Trinajstić information content (AvgIpc) is 2.74. The Morgan fingerprint density at radius 3 is 2.33 bits per heavy atom. The molecule has 0 aliphatic rings. The number of rotatable bonds is 6. The van der Waals surface area contributed by atoms with E-state index in [1.807, 2.05) is 13.8 Å². The monoisotopic (exact) mass is 253 g/mol. The van der Waals surface area contributed by atoms with Crippen molar-refractivity contribution in [2.75, 3.05) is 0 Å². The van der Waals surface area contributed by atoms with Crippen LogP contribution < -0.4 is 5.32 Å². The first-order valence-electron chi connectivity index (χ1n) is 6.03. The van der Waals surface area contributed by atoms with E-state index in [1.54, 1.807) is 19.1 Å². The second-order valence-corrected chi connectivity index (χ2v) is 4.42. The van der Waals surface area contributed by atoms with Crippen molar-refractivity contribution in [3.8, 4) is 0 Å². The minimum absolute atomic E-state index is 0.0918. The third-order valence-electron chi connectivity index (χ3n) is 3.19. The predicted molar refractivity (Wildman–Crippen MR) is 66.5 cm³/mol. The Balaban J connectivity index is 2.83. The van der Waals surface area contributed by atoms with Gasteiger partial charge in [-0.05, 0) is 31.9 Å². The Morgan fingerprint density at radius 2 is 1.94 bits per heavy atom. The van der Waals surface area contributed by atoms with E-state index in [9.17, 15) is 9.59 Å².